The molecule has 8 aromatic carbocycles. The second-order valence-corrected chi connectivity index (χ2v) is 10.8. The van der Waals surface area contributed by atoms with Gasteiger partial charge in [0.15, 0.2) is 0 Å². The summed E-state index contributed by atoms with van der Waals surface area (Å²) >= 11 is 0. The molecular formula is C39H21N. The Morgan fingerprint density at radius 1 is 0.425 bits per heavy atom. The fourth-order valence-electron chi connectivity index (χ4n) is 6.87. The zero-order valence-corrected chi connectivity index (χ0v) is 21.6. The molecule has 1 aromatic heterocycles. The van der Waals surface area contributed by atoms with Crippen LogP contribution >= 0.6 is 0 Å². The van der Waals surface area contributed by atoms with Crippen molar-refractivity contribution in [3.8, 4) is 34.6 Å². The van der Waals surface area contributed by atoms with Crippen molar-refractivity contribution in [2.45, 2.75) is 0 Å². The third-order valence-electron chi connectivity index (χ3n) is 8.64. The number of hydrogen-bond donors (Lipinski definition) is 0. The molecule has 0 atom stereocenters. The van der Waals surface area contributed by atoms with Gasteiger partial charge in [-0.3, -0.25) is 4.98 Å². The van der Waals surface area contributed by atoms with Crippen LogP contribution in [0.25, 0.3) is 86.9 Å². The van der Waals surface area contributed by atoms with Crippen molar-refractivity contribution >= 4 is 64.6 Å². The van der Waals surface area contributed by atoms with Gasteiger partial charge in [-0.05, 0) is 100 Å². The fraction of sp³-hybridized carbons (Fsp3) is 0. The Hall–Kier alpha value is -5.45. The molecule has 40 heavy (non-hydrogen) atoms. The Morgan fingerprint density at radius 2 is 0.750 bits per heavy atom. The molecule has 0 radical (unpaired) electrons. The molecule has 0 fully saturated rings. The minimum absolute atomic E-state index is 0.871. The maximum atomic E-state index is 6.25. The molecule has 0 amide bonds. The summed E-state index contributed by atoms with van der Waals surface area (Å²) in [5.74, 6) is 3.04. The van der Waals surface area contributed by atoms with Crippen molar-refractivity contribution < 1.29 is 0 Å². The average Bonchev–Trinajstić information content (AvgIpc) is 3.01. The molecule has 1 heteroatoms. The van der Waals surface area contributed by atoms with Crippen LogP contribution in [-0.4, -0.2) is 4.98 Å². The highest BCUT2D eigenvalue weighted by atomic mass is 14.6. The SMILES string of the molecule is C#Cc1c(-c2cc3ccc4cccc5ccc(c2)c3c45)cncc1-c1cc2ccc3cccc4ccc(c1)c2c34. The Kier molecular flexibility index (Phi) is 4.18. The molecule has 9 aromatic rings. The molecule has 0 aliphatic rings. The van der Waals surface area contributed by atoms with Crippen LogP contribution in [0, 0.1) is 12.3 Å². The quantitative estimate of drug-likeness (QED) is 0.169. The van der Waals surface area contributed by atoms with Gasteiger partial charge in [-0.15, -0.1) is 6.42 Å². The standard InChI is InChI=1S/C39H21N/c1-2-33-34(31-17-27-13-9-23-5-3-6-24-10-14-28(18-31)38(27)36(23)24)21-40-22-35(33)32-19-29-15-11-25-7-4-8-26-12-16-30(20-32)39(29)37(25)26/h1,3-22H. The first-order valence-corrected chi connectivity index (χ1v) is 13.6. The lowest BCUT2D eigenvalue weighted by atomic mass is 9.88. The Morgan fingerprint density at radius 3 is 1.10 bits per heavy atom. The lowest BCUT2D eigenvalue weighted by Crippen LogP contribution is -1.94. The summed E-state index contributed by atoms with van der Waals surface area (Å²) in [5.41, 5.74) is 5.01. The van der Waals surface area contributed by atoms with Gasteiger partial charge in [-0.2, -0.15) is 0 Å². The topological polar surface area (TPSA) is 12.9 Å². The summed E-state index contributed by atoms with van der Waals surface area (Å²) < 4.78 is 0. The zero-order valence-electron chi connectivity index (χ0n) is 21.6. The molecular weight excluding hydrogens is 482 g/mol. The van der Waals surface area contributed by atoms with Crippen LogP contribution < -0.4 is 0 Å². The van der Waals surface area contributed by atoms with E-state index in [0.717, 1.165) is 27.8 Å². The Bertz CT molecular complexity index is 2200. The van der Waals surface area contributed by atoms with Crippen LogP contribution in [0.4, 0.5) is 0 Å². The molecule has 0 aliphatic carbocycles. The van der Waals surface area contributed by atoms with E-state index in [2.05, 4.69) is 115 Å². The van der Waals surface area contributed by atoms with E-state index in [1.807, 2.05) is 12.4 Å². The van der Waals surface area contributed by atoms with E-state index < -0.39 is 0 Å². The molecule has 0 saturated heterocycles. The first-order valence-electron chi connectivity index (χ1n) is 13.6. The molecule has 0 aliphatic heterocycles. The highest BCUT2D eigenvalue weighted by Gasteiger charge is 2.16. The van der Waals surface area contributed by atoms with Gasteiger partial charge in [0.1, 0.15) is 0 Å². The average molecular weight is 504 g/mol. The van der Waals surface area contributed by atoms with Gasteiger partial charge in [0.05, 0.1) is 0 Å². The van der Waals surface area contributed by atoms with Crippen LogP contribution in [0.15, 0.2) is 122 Å². The van der Waals surface area contributed by atoms with Crippen molar-refractivity contribution in [3.63, 3.8) is 0 Å². The highest BCUT2D eigenvalue weighted by Crippen LogP contribution is 2.41. The fourth-order valence-corrected chi connectivity index (χ4v) is 6.87. The van der Waals surface area contributed by atoms with Crippen LogP contribution in [0.2, 0.25) is 0 Å². The predicted molar refractivity (Wildman–Crippen MR) is 170 cm³/mol. The molecule has 0 saturated carbocycles. The van der Waals surface area contributed by atoms with E-state index >= 15 is 0 Å². The van der Waals surface area contributed by atoms with Gasteiger partial charge < -0.3 is 0 Å². The summed E-state index contributed by atoms with van der Waals surface area (Å²) in [6, 6.07) is 39.8. The minimum atomic E-state index is 0.871. The molecule has 0 N–H and O–H groups in total. The number of hydrogen-bond acceptors (Lipinski definition) is 1. The lowest BCUT2D eigenvalue weighted by molar-refractivity contribution is 1.32. The zero-order chi connectivity index (χ0) is 26.4. The largest absolute Gasteiger partial charge is 0.263 e. The molecule has 9 rings (SSSR count). The van der Waals surface area contributed by atoms with Gasteiger partial charge in [0.2, 0.25) is 0 Å². The van der Waals surface area contributed by atoms with E-state index in [9.17, 15) is 0 Å². The third-order valence-corrected chi connectivity index (χ3v) is 8.64. The Labute approximate surface area is 231 Å². The first-order chi connectivity index (χ1) is 19.8. The summed E-state index contributed by atoms with van der Waals surface area (Å²) in [6.07, 6.45) is 10.1. The smallest absolute Gasteiger partial charge is 0.0430 e. The maximum absolute atomic E-state index is 6.25. The van der Waals surface area contributed by atoms with Gasteiger partial charge in [0, 0.05) is 29.1 Å². The number of benzene rings is 8. The van der Waals surface area contributed by atoms with Gasteiger partial charge in [0.25, 0.3) is 0 Å². The van der Waals surface area contributed by atoms with Gasteiger partial charge in [-0.25, -0.2) is 0 Å². The van der Waals surface area contributed by atoms with Crippen molar-refractivity contribution in [3.05, 3.63) is 127 Å². The molecule has 0 bridgehead atoms. The number of nitrogens with zero attached hydrogens (tertiary/aromatic N) is 1. The highest BCUT2D eigenvalue weighted by molar-refractivity contribution is 6.25. The summed E-state index contributed by atoms with van der Waals surface area (Å²) in [5, 5.41) is 15.2. The summed E-state index contributed by atoms with van der Waals surface area (Å²) in [6.45, 7) is 0. The summed E-state index contributed by atoms with van der Waals surface area (Å²) in [4.78, 5) is 4.71. The monoisotopic (exact) mass is 503 g/mol. The third kappa shape index (κ3) is 2.85. The Balaban J connectivity index is 1.28. The number of pyridine rings is 1. The summed E-state index contributed by atoms with van der Waals surface area (Å²) in [7, 11) is 0. The van der Waals surface area contributed by atoms with Crippen molar-refractivity contribution in [1.82, 2.24) is 4.98 Å². The molecule has 0 unspecified atom stereocenters. The first kappa shape index (κ1) is 21.5. The van der Waals surface area contributed by atoms with Crippen molar-refractivity contribution in [2.75, 3.05) is 0 Å². The predicted octanol–water partition coefficient (Wildman–Crippen LogP) is 10.2. The number of rotatable bonds is 2. The van der Waals surface area contributed by atoms with Gasteiger partial charge in [-0.1, -0.05) is 90.8 Å². The molecule has 1 heterocycles. The van der Waals surface area contributed by atoms with Crippen molar-refractivity contribution in [2.24, 2.45) is 0 Å². The van der Waals surface area contributed by atoms with E-state index in [1.54, 1.807) is 0 Å². The van der Waals surface area contributed by atoms with Crippen LogP contribution in [-0.2, 0) is 0 Å². The minimum Gasteiger partial charge on any atom is -0.263 e. The van der Waals surface area contributed by atoms with Crippen LogP contribution in [0.3, 0.4) is 0 Å². The normalized spacial score (nSPS) is 12.0. The molecule has 0 spiro atoms. The van der Waals surface area contributed by atoms with Crippen LogP contribution in [0.1, 0.15) is 5.56 Å². The lowest BCUT2D eigenvalue weighted by Gasteiger charge is -2.16. The second kappa shape index (κ2) is 7.79. The van der Waals surface area contributed by atoms with E-state index in [0.29, 0.717) is 0 Å². The van der Waals surface area contributed by atoms with E-state index in [-0.39, 0.29) is 0 Å². The van der Waals surface area contributed by atoms with Crippen LogP contribution in [0.5, 0.6) is 0 Å². The number of aromatic nitrogens is 1. The van der Waals surface area contributed by atoms with E-state index in [1.165, 1.54) is 64.6 Å². The molecule has 1 nitrogen and oxygen atoms in total. The van der Waals surface area contributed by atoms with E-state index in [4.69, 9.17) is 11.4 Å². The second-order valence-electron chi connectivity index (χ2n) is 10.8. The number of terminal acetylenes is 1. The maximum Gasteiger partial charge on any atom is 0.0430 e. The molecule has 182 valence electrons. The van der Waals surface area contributed by atoms with Crippen molar-refractivity contribution in [1.29, 1.82) is 0 Å². The van der Waals surface area contributed by atoms with Gasteiger partial charge >= 0.3 is 0 Å².